The summed E-state index contributed by atoms with van der Waals surface area (Å²) in [5.74, 6) is 1.36. The Morgan fingerprint density at radius 1 is 1.50 bits per heavy atom. The molecule has 1 aliphatic heterocycles. The Morgan fingerprint density at radius 3 is 2.93 bits per heavy atom. The summed E-state index contributed by atoms with van der Waals surface area (Å²) >= 11 is 2.14. The topological polar surface area (TPSA) is 15.3 Å². The van der Waals surface area contributed by atoms with Gasteiger partial charge >= 0.3 is 0 Å². The molecule has 1 aliphatic rings. The van der Waals surface area contributed by atoms with Crippen LogP contribution in [-0.4, -0.2) is 49.1 Å². The second-order valence-electron chi connectivity index (χ2n) is 4.22. The maximum absolute atomic E-state index is 3.21. The summed E-state index contributed by atoms with van der Waals surface area (Å²) in [6.07, 6.45) is 4.06. The van der Waals surface area contributed by atoms with Crippen LogP contribution >= 0.6 is 11.8 Å². The maximum Gasteiger partial charge on any atom is 0.0209 e. The van der Waals surface area contributed by atoms with Crippen LogP contribution in [0.5, 0.6) is 0 Å². The first kappa shape index (κ1) is 12.3. The van der Waals surface area contributed by atoms with Crippen molar-refractivity contribution < 1.29 is 0 Å². The van der Waals surface area contributed by atoms with Crippen molar-refractivity contribution in [1.29, 1.82) is 0 Å². The molecule has 0 aromatic rings. The van der Waals surface area contributed by atoms with Gasteiger partial charge in [-0.05, 0) is 52.2 Å². The van der Waals surface area contributed by atoms with Crippen molar-refractivity contribution in [2.75, 3.05) is 32.9 Å². The second kappa shape index (κ2) is 6.70. The van der Waals surface area contributed by atoms with Crippen LogP contribution < -0.4 is 5.32 Å². The molecule has 3 heteroatoms. The Labute approximate surface area is 92.8 Å². The SMILES string of the molecule is CNCCCN(C)C1CCCSC1C. The predicted octanol–water partition coefficient (Wildman–Crippen LogP) is 1.81. The predicted molar refractivity (Wildman–Crippen MR) is 66.1 cm³/mol. The molecule has 1 fully saturated rings. The Morgan fingerprint density at radius 2 is 2.29 bits per heavy atom. The third kappa shape index (κ3) is 3.79. The molecule has 0 bridgehead atoms. The van der Waals surface area contributed by atoms with Gasteiger partial charge in [0.05, 0.1) is 0 Å². The number of thioether (sulfide) groups is 1. The molecule has 2 unspecified atom stereocenters. The molecule has 1 heterocycles. The molecule has 1 saturated heterocycles. The highest BCUT2D eigenvalue weighted by Gasteiger charge is 2.24. The molecule has 0 aromatic heterocycles. The third-order valence-corrected chi connectivity index (χ3v) is 4.43. The molecule has 0 radical (unpaired) electrons. The minimum Gasteiger partial charge on any atom is -0.320 e. The highest BCUT2D eigenvalue weighted by atomic mass is 32.2. The van der Waals surface area contributed by atoms with Crippen molar-refractivity contribution >= 4 is 11.8 Å². The van der Waals surface area contributed by atoms with E-state index in [-0.39, 0.29) is 0 Å². The molecule has 1 N–H and O–H groups in total. The van der Waals surface area contributed by atoms with E-state index in [4.69, 9.17) is 0 Å². The first-order valence-electron chi connectivity index (χ1n) is 5.72. The largest absolute Gasteiger partial charge is 0.320 e. The van der Waals surface area contributed by atoms with Gasteiger partial charge in [-0.15, -0.1) is 0 Å². The van der Waals surface area contributed by atoms with Crippen LogP contribution in [0.1, 0.15) is 26.2 Å². The van der Waals surface area contributed by atoms with Gasteiger partial charge in [-0.1, -0.05) is 6.92 Å². The van der Waals surface area contributed by atoms with Crippen molar-refractivity contribution in [2.24, 2.45) is 0 Å². The Kier molecular flexibility index (Phi) is 5.90. The first-order chi connectivity index (χ1) is 6.75. The fourth-order valence-corrected chi connectivity index (χ4v) is 3.43. The van der Waals surface area contributed by atoms with Gasteiger partial charge in [0.2, 0.25) is 0 Å². The zero-order valence-electron chi connectivity index (χ0n) is 9.75. The highest BCUT2D eigenvalue weighted by Crippen LogP contribution is 2.28. The first-order valence-corrected chi connectivity index (χ1v) is 6.77. The molecule has 0 amide bonds. The summed E-state index contributed by atoms with van der Waals surface area (Å²) in [4.78, 5) is 2.55. The van der Waals surface area contributed by atoms with Crippen LogP contribution in [0, 0.1) is 0 Å². The van der Waals surface area contributed by atoms with Gasteiger partial charge in [-0.25, -0.2) is 0 Å². The van der Waals surface area contributed by atoms with E-state index in [0.29, 0.717) is 0 Å². The van der Waals surface area contributed by atoms with Crippen molar-refractivity contribution in [1.82, 2.24) is 10.2 Å². The lowest BCUT2D eigenvalue weighted by atomic mass is 10.1. The zero-order valence-corrected chi connectivity index (χ0v) is 10.6. The average molecular weight is 216 g/mol. The lowest BCUT2D eigenvalue weighted by molar-refractivity contribution is 0.222. The van der Waals surface area contributed by atoms with Crippen LogP contribution in [0.4, 0.5) is 0 Å². The normalized spacial score (nSPS) is 28.3. The quantitative estimate of drug-likeness (QED) is 0.706. The minimum atomic E-state index is 0.811. The Balaban J connectivity index is 2.23. The molecular weight excluding hydrogens is 192 g/mol. The molecule has 2 atom stereocenters. The van der Waals surface area contributed by atoms with E-state index in [9.17, 15) is 0 Å². The van der Waals surface area contributed by atoms with Gasteiger partial charge in [-0.3, -0.25) is 0 Å². The van der Waals surface area contributed by atoms with Crippen LogP contribution in [0.15, 0.2) is 0 Å². The van der Waals surface area contributed by atoms with E-state index in [1.807, 2.05) is 7.05 Å². The third-order valence-electron chi connectivity index (χ3n) is 3.07. The van der Waals surface area contributed by atoms with E-state index in [0.717, 1.165) is 17.8 Å². The van der Waals surface area contributed by atoms with Crippen molar-refractivity contribution in [2.45, 2.75) is 37.5 Å². The van der Waals surface area contributed by atoms with Crippen molar-refractivity contribution in [3.05, 3.63) is 0 Å². The molecular formula is C11H24N2S. The summed E-state index contributed by atoms with van der Waals surface area (Å²) < 4.78 is 0. The van der Waals surface area contributed by atoms with Gasteiger partial charge in [0.25, 0.3) is 0 Å². The molecule has 0 saturated carbocycles. The number of nitrogens with zero attached hydrogens (tertiary/aromatic N) is 1. The van der Waals surface area contributed by atoms with Crippen molar-refractivity contribution in [3.8, 4) is 0 Å². The second-order valence-corrected chi connectivity index (χ2v) is 5.71. The van der Waals surface area contributed by atoms with Gasteiger partial charge in [0.15, 0.2) is 0 Å². The van der Waals surface area contributed by atoms with E-state index >= 15 is 0 Å². The molecule has 2 nitrogen and oxygen atoms in total. The van der Waals surface area contributed by atoms with Gasteiger partial charge in [-0.2, -0.15) is 11.8 Å². The molecule has 1 rings (SSSR count). The zero-order chi connectivity index (χ0) is 10.4. The number of nitrogens with one attached hydrogen (secondary N) is 1. The van der Waals surface area contributed by atoms with Crippen LogP contribution in [0.3, 0.4) is 0 Å². The van der Waals surface area contributed by atoms with Crippen LogP contribution in [0.25, 0.3) is 0 Å². The monoisotopic (exact) mass is 216 g/mol. The van der Waals surface area contributed by atoms with Gasteiger partial charge in [0.1, 0.15) is 0 Å². The number of rotatable bonds is 5. The van der Waals surface area contributed by atoms with E-state index in [1.165, 1.54) is 31.6 Å². The molecule has 84 valence electrons. The highest BCUT2D eigenvalue weighted by molar-refractivity contribution is 7.99. The summed E-state index contributed by atoms with van der Waals surface area (Å²) in [6.45, 7) is 4.75. The molecule has 0 spiro atoms. The Hall–Kier alpha value is 0.270. The van der Waals surface area contributed by atoms with Crippen LogP contribution in [-0.2, 0) is 0 Å². The fraction of sp³-hybridized carbons (Fsp3) is 1.00. The summed E-state index contributed by atoms with van der Waals surface area (Å²) in [5, 5.41) is 4.03. The van der Waals surface area contributed by atoms with Crippen LogP contribution in [0.2, 0.25) is 0 Å². The van der Waals surface area contributed by atoms with E-state index in [1.54, 1.807) is 0 Å². The molecule has 14 heavy (non-hydrogen) atoms. The van der Waals surface area contributed by atoms with E-state index in [2.05, 4.69) is 35.9 Å². The lowest BCUT2D eigenvalue weighted by Gasteiger charge is -2.35. The van der Waals surface area contributed by atoms with Gasteiger partial charge < -0.3 is 10.2 Å². The lowest BCUT2D eigenvalue weighted by Crippen LogP contribution is -2.41. The molecule has 0 aliphatic carbocycles. The number of hydrogen-bond acceptors (Lipinski definition) is 3. The summed E-state index contributed by atoms with van der Waals surface area (Å²) in [6, 6.07) is 0.811. The average Bonchev–Trinajstić information content (AvgIpc) is 2.18. The van der Waals surface area contributed by atoms with Gasteiger partial charge in [0, 0.05) is 11.3 Å². The summed E-state index contributed by atoms with van der Waals surface area (Å²) in [5.41, 5.74) is 0. The fourth-order valence-electron chi connectivity index (χ4n) is 2.16. The smallest absolute Gasteiger partial charge is 0.0209 e. The molecule has 0 aromatic carbocycles. The van der Waals surface area contributed by atoms with Crippen molar-refractivity contribution in [3.63, 3.8) is 0 Å². The minimum absolute atomic E-state index is 0.811. The van der Waals surface area contributed by atoms with E-state index < -0.39 is 0 Å². The Bertz CT molecular complexity index is 152. The standard InChI is InChI=1S/C11H24N2S/c1-10-11(6-4-9-14-10)13(3)8-5-7-12-2/h10-12H,4-9H2,1-3H3. The number of hydrogen-bond donors (Lipinski definition) is 1. The maximum atomic E-state index is 3.21. The summed E-state index contributed by atoms with van der Waals surface area (Å²) in [7, 11) is 4.31.